The van der Waals surface area contributed by atoms with E-state index in [2.05, 4.69) is 10.3 Å². The van der Waals surface area contributed by atoms with Gasteiger partial charge < -0.3 is 15.1 Å². The number of nitrogens with zero attached hydrogens (tertiary/aromatic N) is 4. The molecular weight excluding hydrogens is 320 g/mol. The maximum atomic E-state index is 12.8. The lowest BCUT2D eigenvalue weighted by Crippen LogP contribution is -2.47. The van der Waals surface area contributed by atoms with Crippen molar-refractivity contribution in [1.29, 1.82) is 0 Å². The van der Waals surface area contributed by atoms with Crippen molar-refractivity contribution in [2.45, 2.75) is 51.9 Å². The highest BCUT2D eigenvalue weighted by Crippen LogP contribution is 2.22. The van der Waals surface area contributed by atoms with Gasteiger partial charge in [-0.3, -0.25) is 9.36 Å². The highest BCUT2D eigenvalue weighted by atomic mass is 19.3. The Bertz CT molecular complexity index is 611. The van der Waals surface area contributed by atoms with Crippen LogP contribution in [0.4, 0.5) is 13.6 Å². The first-order valence-corrected chi connectivity index (χ1v) is 7.71. The average Bonchev–Trinajstić information content (AvgIpc) is 3.04. The number of urea groups is 1. The Morgan fingerprint density at radius 2 is 2.17 bits per heavy atom. The number of carbonyl (C=O) groups excluding carboxylic acids is 2. The number of hydrogen-bond acceptors (Lipinski definition) is 3. The van der Waals surface area contributed by atoms with E-state index < -0.39 is 12.6 Å². The zero-order valence-electron chi connectivity index (χ0n) is 14.3. The van der Waals surface area contributed by atoms with Crippen molar-refractivity contribution in [1.82, 2.24) is 24.7 Å². The quantitative estimate of drug-likeness (QED) is 0.906. The van der Waals surface area contributed by atoms with E-state index >= 15 is 0 Å². The SMILES string of the molecule is CN(Cc1nccn1C(F)F)C(=O)NC1CC(=O)N(C(C)(C)C)C1. The first kappa shape index (κ1) is 18.2. The zero-order chi connectivity index (χ0) is 18.1. The van der Waals surface area contributed by atoms with Crippen molar-refractivity contribution in [2.24, 2.45) is 0 Å². The van der Waals surface area contributed by atoms with Crippen LogP contribution in [0, 0.1) is 0 Å². The van der Waals surface area contributed by atoms with Gasteiger partial charge in [-0.05, 0) is 20.8 Å². The smallest absolute Gasteiger partial charge is 0.319 e. The molecule has 24 heavy (non-hydrogen) atoms. The van der Waals surface area contributed by atoms with Crippen LogP contribution in [0.3, 0.4) is 0 Å². The van der Waals surface area contributed by atoms with E-state index in [1.807, 2.05) is 20.8 Å². The number of amides is 3. The number of nitrogens with one attached hydrogen (secondary N) is 1. The summed E-state index contributed by atoms with van der Waals surface area (Å²) in [7, 11) is 1.50. The van der Waals surface area contributed by atoms with Crippen LogP contribution in [-0.4, -0.2) is 56.5 Å². The van der Waals surface area contributed by atoms with Crippen LogP contribution >= 0.6 is 0 Å². The van der Waals surface area contributed by atoms with Gasteiger partial charge in [0.1, 0.15) is 5.82 Å². The number of carbonyl (C=O) groups is 2. The van der Waals surface area contributed by atoms with Gasteiger partial charge in [-0.2, -0.15) is 8.78 Å². The summed E-state index contributed by atoms with van der Waals surface area (Å²) in [5.74, 6) is 0.0881. The normalized spacial score (nSPS) is 18.4. The lowest BCUT2D eigenvalue weighted by Gasteiger charge is -2.32. The van der Waals surface area contributed by atoms with Crippen molar-refractivity contribution < 1.29 is 18.4 Å². The Morgan fingerprint density at radius 1 is 1.50 bits per heavy atom. The lowest BCUT2D eigenvalue weighted by molar-refractivity contribution is -0.131. The maximum absolute atomic E-state index is 12.8. The third kappa shape index (κ3) is 4.01. The molecule has 1 N–H and O–H groups in total. The van der Waals surface area contributed by atoms with Crippen molar-refractivity contribution >= 4 is 11.9 Å². The topological polar surface area (TPSA) is 70.5 Å². The Kier molecular flexibility index (Phi) is 5.10. The predicted molar refractivity (Wildman–Crippen MR) is 83.3 cm³/mol. The number of likely N-dealkylation sites (tertiary alicyclic amines) is 1. The van der Waals surface area contributed by atoms with E-state index in [9.17, 15) is 18.4 Å². The predicted octanol–water partition coefficient (Wildman–Crippen LogP) is 1.82. The molecule has 1 aromatic heterocycles. The van der Waals surface area contributed by atoms with Gasteiger partial charge in [-0.25, -0.2) is 9.78 Å². The number of halogens is 2. The van der Waals surface area contributed by atoms with Crippen LogP contribution in [0.2, 0.25) is 0 Å². The minimum Gasteiger partial charge on any atom is -0.336 e. The molecule has 2 rings (SSSR count). The Balaban J connectivity index is 1.93. The molecule has 0 radical (unpaired) electrons. The number of imidazole rings is 1. The van der Waals surface area contributed by atoms with Crippen LogP contribution in [0.5, 0.6) is 0 Å². The summed E-state index contributed by atoms with van der Waals surface area (Å²) in [6, 6.07) is -0.714. The average molecular weight is 343 g/mol. The molecule has 7 nitrogen and oxygen atoms in total. The fourth-order valence-electron chi connectivity index (χ4n) is 2.67. The maximum Gasteiger partial charge on any atom is 0.319 e. The molecular formula is C15H23F2N5O2. The number of rotatable bonds is 4. The summed E-state index contributed by atoms with van der Waals surface area (Å²) in [6.07, 6.45) is 2.68. The molecule has 1 unspecified atom stereocenters. The van der Waals surface area contributed by atoms with Gasteiger partial charge in [0, 0.05) is 37.9 Å². The van der Waals surface area contributed by atoms with Crippen LogP contribution in [-0.2, 0) is 11.3 Å². The summed E-state index contributed by atoms with van der Waals surface area (Å²) in [4.78, 5) is 31.1. The number of aromatic nitrogens is 2. The fourth-order valence-corrected chi connectivity index (χ4v) is 2.67. The van der Waals surface area contributed by atoms with Gasteiger partial charge in [0.15, 0.2) is 0 Å². The summed E-state index contributed by atoms with van der Waals surface area (Å²) >= 11 is 0. The second-order valence-corrected chi connectivity index (χ2v) is 6.91. The van der Waals surface area contributed by atoms with E-state index in [1.165, 1.54) is 24.3 Å². The molecule has 3 amide bonds. The first-order valence-electron chi connectivity index (χ1n) is 7.71. The molecule has 0 aliphatic carbocycles. The van der Waals surface area contributed by atoms with Crippen molar-refractivity contribution in [3.63, 3.8) is 0 Å². The summed E-state index contributed by atoms with van der Waals surface area (Å²) in [5.41, 5.74) is -0.301. The highest BCUT2D eigenvalue weighted by molar-refractivity contribution is 5.82. The first-order chi connectivity index (χ1) is 11.1. The lowest BCUT2D eigenvalue weighted by atomic mass is 10.1. The zero-order valence-corrected chi connectivity index (χ0v) is 14.3. The van der Waals surface area contributed by atoms with Gasteiger partial charge in [0.25, 0.3) is 0 Å². The third-order valence-electron chi connectivity index (χ3n) is 3.95. The van der Waals surface area contributed by atoms with E-state index in [4.69, 9.17) is 0 Å². The van der Waals surface area contributed by atoms with Crippen LogP contribution in [0.25, 0.3) is 0 Å². The molecule has 1 fully saturated rings. The monoisotopic (exact) mass is 343 g/mol. The Morgan fingerprint density at radius 3 is 2.71 bits per heavy atom. The molecule has 1 atom stereocenters. The van der Waals surface area contributed by atoms with Crippen LogP contribution in [0.1, 0.15) is 39.6 Å². The van der Waals surface area contributed by atoms with Crippen molar-refractivity contribution in [2.75, 3.05) is 13.6 Å². The highest BCUT2D eigenvalue weighted by Gasteiger charge is 2.37. The standard InChI is InChI=1S/C15H23F2N5O2/c1-15(2,3)22-8-10(7-12(22)23)19-14(24)20(4)9-11-18-5-6-21(11)13(16)17/h5-6,10,13H,7-9H2,1-4H3,(H,19,24). The largest absolute Gasteiger partial charge is 0.336 e. The van der Waals surface area contributed by atoms with E-state index in [0.29, 0.717) is 11.1 Å². The van der Waals surface area contributed by atoms with Crippen LogP contribution in [0.15, 0.2) is 12.4 Å². The number of alkyl halides is 2. The molecule has 1 saturated heterocycles. The summed E-state index contributed by atoms with van der Waals surface area (Å²) in [6.45, 7) is 3.49. The molecule has 0 spiro atoms. The van der Waals surface area contributed by atoms with Gasteiger partial charge in [0.05, 0.1) is 12.6 Å². The van der Waals surface area contributed by atoms with Crippen molar-refractivity contribution in [3.05, 3.63) is 18.2 Å². The molecule has 1 aliphatic heterocycles. The molecule has 1 aliphatic rings. The Hall–Kier alpha value is -2.19. The summed E-state index contributed by atoms with van der Waals surface area (Å²) < 4.78 is 26.3. The second kappa shape index (κ2) is 6.74. The second-order valence-electron chi connectivity index (χ2n) is 6.91. The molecule has 2 heterocycles. The van der Waals surface area contributed by atoms with E-state index in [1.54, 1.807) is 4.90 Å². The molecule has 0 aromatic carbocycles. The molecule has 1 aromatic rings. The van der Waals surface area contributed by atoms with E-state index in [0.717, 1.165) is 0 Å². The molecule has 0 saturated carbocycles. The molecule has 0 bridgehead atoms. The van der Waals surface area contributed by atoms with Gasteiger partial charge in [-0.15, -0.1) is 0 Å². The minimum atomic E-state index is -2.70. The fraction of sp³-hybridized carbons (Fsp3) is 0.667. The van der Waals surface area contributed by atoms with Gasteiger partial charge in [0.2, 0.25) is 5.91 Å². The number of hydrogen-bond donors (Lipinski definition) is 1. The van der Waals surface area contributed by atoms with Crippen LogP contribution < -0.4 is 5.32 Å². The van der Waals surface area contributed by atoms with Gasteiger partial charge in [-0.1, -0.05) is 0 Å². The van der Waals surface area contributed by atoms with E-state index in [-0.39, 0.29) is 36.3 Å². The molecule has 134 valence electrons. The van der Waals surface area contributed by atoms with Crippen molar-refractivity contribution in [3.8, 4) is 0 Å². The Labute approximate surface area is 139 Å². The minimum absolute atomic E-state index is 0.0105. The molecule has 9 heteroatoms. The van der Waals surface area contributed by atoms with Gasteiger partial charge >= 0.3 is 12.6 Å². The summed E-state index contributed by atoms with van der Waals surface area (Å²) in [5, 5.41) is 2.77. The third-order valence-corrected chi connectivity index (χ3v) is 3.95.